The van der Waals surface area contributed by atoms with Crippen LogP contribution in [0, 0.1) is 0 Å². The highest BCUT2D eigenvalue weighted by Gasteiger charge is 2.12. The van der Waals surface area contributed by atoms with Crippen LogP contribution in [-0.4, -0.2) is 26.3 Å². The molecule has 0 aliphatic heterocycles. The van der Waals surface area contributed by atoms with Crippen LogP contribution in [0.2, 0.25) is 0 Å². The Hall–Kier alpha value is -2.53. The molecule has 0 unspecified atom stereocenters. The highest BCUT2D eigenvalue weighted by Crippen LogP contribution is 2.17. The molecule has 1 aromatic carbocycles. The normalized spacial score (nSPS) is 10.7. The van der Waals surface area contributed by atoms with Gasteiger partial charge in [-0.15, -0.1) is 5.10 Å². The summed E-state index contributed by atoms with van der Waals surface area (Å²) in [7, 11) is 0. The molecule has 0 aliphatic rings. The number of hydrogen-bond acceptors (Lipinski definition) is 4. The summed E-state index contributed by atoms with van der Waals surface area (Å²) in [6, 6.07) is 15.6. The molecular formula is C15H15N5. The number of aromatic nitrogens is 4. The number of benzene rings is 1. The largest absolute Gasteiger partial charge is 0.330 e. The number of pyridine rings is 1. The van der Waals surface area contributed by atoms with E-state index in [-0.39, 0.29) is 0 Å². The Morgan fingerprint density at radius 3 is 2.50 bits per heavy atom. The summed E-state index contributed by atoms with van der Waals surface area (Å²) in [5.41, 5.74) is 6.64. The van der Waals surface area contributed by atoms with E-state index in [1.54, 1.807) is 10.9 Å². The Labute approximate surface area is 117 Å². The van der Waals surface area contributed by atoms with E-state index in [9.17, 15) is 0 Å². The number of nitrogens with two attached hydrogens (primary N) is 1. The number of rotatable bonds is 4. The molecule has 20 heavy (non-hydrogen) atoms. The second kappa shape index (κ2) is 5.63. The summed E-state index contributed by atoms with van der Waals surface area (Å²) in [4.78, 5) is 8.90. The van der Waals surface area contributed by atoms with Crippen LogP contribution in [0.3, 0.4) is 0 Å². The molecule has 3 rings (SSSR count). The van der Waals surface area contributed by atoms with Crippen molar-refractivity contribution < 1.29 is 0 Å². The molecule has 0 aliphatic carbocycles. The Bertz CT molecular complexity index is 676. The topological polar surface area (TPSA) is 69.6 Å². The van der Waals surface area contributed by atoms with Gasteiger partial charge in [0.2, 0.25) is 0 Å². The second-order valence-corrected chi connectivity index (χ2v) is 4.36. The van der Waals surface area contributed by atoms with Gasteiger partial charge in [-0.25, -0.2) is 9.97 Å². The van der Waals surface area contributed by atoms with Crippen LogP contribution in [0.5, 0.6) is 0 Å². The number of nitrogens with zero attached hydrogens (tertiary/aromatic N) is 4. The van der Waals surface area contributed by atoms with Gasteiger partial charge in [0.1, 0.15) is 5.82 Å². The molecular weight excluding hydrogens is 250 g/mol. The van der Waals surface area contributed by atoms with Crippen LogP contribution in [0.15, 0.2) is 54.7 Å². The average molecular weight is 265 g/mol. The van der Waals surface area contributed by atoms with Gasteiger partial charge in [-0.2, -0.15) is 4.68 Å². The zero-order valence-electron chi connectivity index (χ0n) is 11.0. The highest BCUT2D eigenvalue weighted by molar-refractivity contribution is 5.54. The molecule has 0 spiro atoms. The van der Waals surface area contributed by atoms with Crippen molar-refractivity contribution in [2.75, 3.05) is 6.54 Å². The molecule has 100 valence electrons. The van der Waals surface area contributed by atoms with Crippen LogP contribution >= 0.6 is 0 Å². The Balaban J connectivity index is 2.08. The fourth-order valence-corrected chi connectivity index (χ4v) is 2.01. The third kappa shape index (κ3) is 2.44. The fourth-order valence-electron chi connectivity index (χ4n) is 2.01. The maximum atomic E-state index is 5.65. The van der Waals surface area contributed by atoms with Gasteiger partial charge >= 0.3 is 0 Å². The lowest BCUT2D eigenvalue weighted by Crippen LogP contribution is -2.10. The summed E-state index contributed by atoms with van der Waals surface area (Å²) in [6.45, 7) is 0.528. The van der Waals surface area contributed by atoms with Crippen molar-refractivity contribution in [3.05, 3.63) is 60.6 Å². The van der Waals surface area contributed by atoms with Gasteiger partial charge in [-0.3, -0.25) is 0 Å². The minimum Gasteiger partial charge on any atom is -0.330 e. The van der Waals surface area contributed by atoms with E-state index in [0.717, 1.165) is 17.2 Å². The molecule has 0 saturated heterocycles. The lowest BCUT2D eigenvalue weighted by Gasteiger charge is -2.02. The summed E-state index contributed by atoms with van der Waals surface area (Å²) in [6.07, 6.45) is 2.40. The lowest BCUT2D eigenvalue weighted by atomic mass is 10.2. The van der Waals surface area contributed by atoms with Gasteiger partial charge in [0.15, 0.2) is 11.6 Å². The monoisotopic (exact) mass is 265 g/mol. The molecule has 0 fully saturated rings. The van der Waals surface area contributed by atoms with Gasteiger partial charge in [-0.05, 0) is 18.7 Å². The van der Waals surface area contributed by atoms with Crippen molar-refractivity contribution in [2.45, 2.75) is 6.42 Å². The summed E-state index contributed by atoms with van der Waals surface area (Å²) < 4.78 is 1.76. The van der Waals surface area contributed by atoms with Crippen molar-refractivity contribution in [3.63, 3.8) is 0 Å². The maximum absolute atomic E-state index is 5.65. The third-order valence-corrected chi connectivity index (χ3v) is 2.94. The Kier molecular flexibility index (Phi) is 3.52. The first-order valence-corrected chi connectivity index (χ1v) is 6.51. The van der Waals surface area contributed by atoms with Gasteiger partial charge in [0, 0.05) is 18.2 Å². The van der Waals surface area contributed by atoms with Crippen molar-refractivity contribution >= 4 is 0 Å². The van der Waals surface area contributed by atoms with E-state index in [0.29, 0.717) is 18.8 Å². The minimum absolute atomic E-state index is 0.528. The van der Waals surface area contributed by atoms with Crippen LogP contribution < -0.4 is 5.73 Å². The lowest BCUT2D eigenvalue weighted by molar-refractivity contribution is 0.758. The van der Waals surface area contributed by atoms with Crippen molar-refractivity contribution in [3.8, 4) is 17.2 Å². The van der Waals surface area contributed by atoms with Crippen LogP contribution in [0.25, 0.3) is 17.2 Å². The Morgan fingerprint density at radius 2 is 1.80 bits per heavy atom. The van der Waals surface area contributed by atoms with Crippen molar-refractivity contribution in [2.24, 2.45) is 5.73 Å². The van der Waals surface area contributed by atoms with Gasteiger partial charge < -0.3 is 5.73 Å². The second-order valence-electron chi connectivity index (χ2n) is 4.36. The zero-order valence-corrected chi connectivity index (χ0v) is 11.0. The molecule has 5 nitrogen and oxygen atoms in total. The van der Waals surface area contributed by atoms with Gasteiger partial charge in [0.25, 0.3) is 0 Å². The molecule has 5 heteroatoms. The van der Waals surface area contributed by atoms with Crippen molar-refractivity contribution in [1.29, 1.82) is 0 Å². The molecule has 0 amide bonds. The average Bonchev–Trinajstić information content (AvgIpc) is 2.94. The van der Waals surface area contributed by atoms with Crippen LogP contribution in [0.1, 0.15) is 5.82 Å². The molecule has 0 radical (unpaired) electrons. The van der Waals surface area contributed by atoms with E-state index in [1.165, 1.54) is 0 Å². The van der Waals surface area contributed by atoms with Crippen LogP contribution in [-0.2, 0) is 6.42 Å². The first-order valence-electron chi connectivity index (χ1n) is 6.51. The Morgan fingerprint density at radius 1 is 1.00 bits per heavy atom. The molecule has 2 N–H and O–H groups in total. The smallest absolute Gasteiger partial charge is 0.181 e. The first-order chi connectivity index (χ1) is 9.88. The summed E-state index contributed by atoms with van der Waals surface area (Å²) in [5, 5.41) is 4.56. The maximum Gasteiger partial charge on any atom is 0.181 e. The van der Waals surface area contributed by atoms with Gasteiger partial charge in [-0.1, -0.05) is 36.4 Å². The molecule has 2 heterocycles. The van der Waals surface area contributed by atoms with Gasteiger partial charge in [0.05, 0.1) is 0 Å². The predicted octanol–water partition coefficient (Wildman–Crippen LogP) is 1.83. The predicted molar refractivity (Wildman–Crippen MR) is 77.3 cm³/mol. The van der Waals surface area contributed by atoms with E-state index < -0.39 is 0 Å². The summed E-state index contributed by atoms with van der Waals surface area (Å²) >= 11 is 0. The molecule has 0 atom stereocenters. The summed E-state index contributed by atoms with van der Waals surface area (Å²) in [5.74, 6) is 2.27. The minimum atomic E-state index is 0.528. The van der Waals surface area contributed by atoms with E-state index >= 15 is 0 Å². The molecule has 3 aromatic rings. The van der Waals surface area contributed by atoms with Crippen molar-refractivity contribution in [1.82, 2.24) is 19.7 Å². The van der Waals surface area contributed by atoms with E-state index in [2.05, 4.69) is 15.1 Å². The number of hydrogen-bond donors (Lipinski definition) is 1. The molecule has 0 bridgehead atoms. The molecule has 2 aromatic heterocycles. The van der Waals surface area contributed by atoms with E-state index in [1.807, 2.05) is 48.5 Å². The van der Waals surface area contributed by atoms with E-state index in [4.69, 9.17) is 5.73 Å². The molecule has 0 saturated carbocycles. The quantitative estimate of drug-likeness (QED) is 0.781. The third-order valence-electron chi connectivity index (χ3n) is 2.94. The standard InChI is InChI=1S/C15H15N5/c16-10-9-14-18-15(12-6-2-1-3-7-12)19-20(14)13-8-4-5-11-17-13/h1-8,11H,9-10,16H2. The van der Waals surface area contributed by atoms with Crippen LogP contribution in [0.4, 0.5) is 0 Å². The fraction of sp³-hybridized carbons (Fsp3) is 0.133. The zero-order chi connectivity index (χ0) is 13.8. The highest BCUT2D eigenvalue weighted by atomic mass is 15.4. The first kappa shape index (κ1) is 12.5. The SMILES string of the molecule is NCCc1nc(-c2ccccc2)nn1-c1ccccn1.